The summed E-state index contributed by atoms with van der Waals surface area (Å²) < 4.78 is 51.5. The van der Waals surface area contributed by atoms with Gasteiger partial charge in [0.25, 0.3) is 5.56 Å². The van der Waals surface area contributed by atoms with Crippen molar-refractivity contribution in [1.29, 1.82) is 0 Å². The van der Waals surface area contributed by atoms with E-state index in [-0.39, 0.29) is 17.3 Å². The van der Waals surface area contributed by atoms with Crippen molar-refractivity contribution in [3.63, 3.8) is 0 Å². The number of halogens is 4. The molecule has 21 heavy (non-hydrogen) atoms. The highest BCUT2D eigenvalue weighted by molar-refractivity contribution is 5.56. The summed E-state index contributed by atoms with van der Waals surface area (Å²) in [7, 11) is 0. The highest BCUT2D eigenvalue weighted by Gasteiger charge is 2.31. The van der Waals surface area contributed by atoms with Gasteiger partial charge in [-0.25, -0.2) is 9.37 Å². The third kappa shape index (κ3) is 3.48. The van der Waals surface area contributed by atoms with Crippen LogP contribution in [0.15, 0.2) is 29.1 Å². The molecule has 1 heterocycles. The summed E-state index contributed by atoms with van der Waals surface area (Å²) in [6.07, 6.45) is -4.67. The Balaban J connectivity index is 2.62. The standard InChI is InChI=1S/C14H12F4N2O/c1-7(2)11-6-12(21)20-13(19-11)8-3-9(14(16,17)18)5-10(15)4-8/h3-7H,1-2H3,(H,19,20,21). The maximum atomic E-state index is 13.4. The van der Waals surface area contributed by atoms with Gasteiger partial charge in [0.15, 0.2) is 0 Å². The molecule has 1 aromatic heterocycles. The van der Waals surface area contributed by atoms with Gasteiger partial charge in [0.2, 0.25) is 0 Å². The Labute approximate surface area is 117 Å². The zero-order chi connectivity index (χ0) is 15.8. The van der Waals surface area contributed by atoms with Gasteiger partial charge in [-0.2, -0.15) is 13.2 Å². The summed E-state index contributed by atoms with van der Waals surface area (Å²) >= 11 is 0. The van der Waals surface area contributed by atoms with Gasteiger partial charge in [-0.1, -0.05) is 13.8 Å². The molecule has 0 radical (unpaired) electrons. The Kier molecular flexibility index (Phi) is 3.85. The number of aromatic nitrogens is 2. The second-order valence-electron chi connectivity index (χ2n) is 4.90. The number of nitrogens with one attached hydrogen (secondary N) is 1. The fraction of sp³-hybridized carbons (Fsp3) is 0.286. The maximum Gasteiger partial charge on any atom is 0.416 e. The van der Waals surface area contributed by atoms with Gasteiger partial charge in [-0.15, -0.1) is 0 Å². The summed E-state index contributed by atoms with van der Waals surface area (Å²) in [5.74, 6) is -1.21. The van der Waals surface area contributed by atoms with E-state index in [2.05, 4.69) is 9.97 Å². The average Bonchev–Trinajstić information content (AvgIpc) is 2.36. The molecule has 0 aliphatic rings. The van der Waals surface area contributed by atoms with E-state index in [1.807, 2.05) is 0 Å². The molecule has 0 atom stereocenters. The quantitative estimate of drug-likeness (QED) is 0.859. The number of rotatable bonds is 2. The van der Waals surface area contributed by atoms with Gasteiger partial charge in [-0.05, 0) is 24.1 Å². The number of aromatic amines is 1. The molecular formula is C14H12F4N2O. The van der Waals surface area contributed by atoms with Crippen LogP contribution in [0.5, 0.6) is 0 Å². The lowest BCUT2D eigenvalue weighted by Gasteiger charge is -2.10. The fourth-order valence-electron chi connectivity index (χ4n) is 1.80. The molecule has 0 saturated heterocycles. The molecule has 0 amide bonds. The minimum absolute atomic E-state index is 0.0818. The molecule has 112 valence electrons. The minimum atomic E-state index is -4.67. The van der Waals surface area contributed by atoms with E-state index in [1.54, 1.807) is 13.8 Å². The SMILES string of the molecule is CC(C)c1cc(=O)[nH]c(-c2cc(F)cc(C(F)(F)F)c2)n1. The van der Waals surface area contributed by atoms with E-state index in [0.717, 1.165) is 12.1 Å². The molecule has 2 aromatic rings. The number of nitrogens with zero attached hydrogens (tertiary/aromatic N) is 1. The molecule has 0 aliphatic carbocycles. The number of hydrogen-bond acceptors (Lipinski definition) is 2. The molecule has 3 nitrogen and oxygen atoms in total. The van der Waals surface area contributed by atoms with Gasteiger partial charge in [0, 0.05) is 11.6 Å². The molecule has 7 heteroatoms. The number of hydrogen-bond donors (Lipinski definition) is 1. The first-order chi connectivity index (χ1) is 9.66. The first-order valence-corrected chi connectivity index (χ1v) is 6.16. The summed E-state index contributed by atoms with van der Waals surface area (Å²) in [6, 6.07) is 3.31. The smallest absolute Gasteiger partial charge is 0.307 e. The molecule has 1 N–H and O–H groups in total. The van der Waals surface area contributed by atoms with Crippen LogP contribution in [0.4, 0.5) is 17.6 Å². The third-order valence-electron chi connectivity index (χ3n) is 2.85. The second-order valence-corrected chi connectivity index (χ2v) is 4.90. The van der Waals surface area contributed by atoms with Crippen LogP contribution in [0.3, 0.4) is 0 Å². The lowest BCUT2D eigenvalue weighted by Crippen LogP contribution is -2.12. The van der Waals surface area contributed by atoms with Crippen LogP contribution in [0.2, 0.25) is 0 Å². The van der Waals surface area contributed by atoms with Gasteiger partial charge in [-0.3, -0.25) is 4.79 Å². The van der Waals surface area contributed by atoms with Crippen molar-refractivity contribution in [2.45, 2.75) is 25.9 Å². The van der Waals surface area contributed by atoms with E-state index in [9.17, 15) is 22.4 Å². The Morgan fingerprint density at radius 3 is 2.38 bits per heavy atom. The minimum Gasteiger partial charge on any atom is -0.307 e. The number of benzene rings is 1. The van der Waals surface area contributed by atoms with Gasteiger partial charge < -0.3 is 4.98 Å². The molecular weight excluding hydrogens is 288 g/mol. The zero-order valence-electron chi connectivity index (χ0n) is 11.3. The van der Waals surface area contributed by atoms with E-state index in [1.165, 1.54) is 6.07 Å². The van der Waals surface area contributed by atoms with E-state index in [4.69, 9.17) is 0 Å². The third-order valence-corrected chi connectivity index (χ3v) is 2.85. The molecule has 0 aliphatic heterocycles. The van der Waals surface area contributed by atoms with Crippen LogP contribution < -0.4 is 5.56 Å². The first-order valence-electron chi connectivity index (χ1n) is 6.16. The lowest BCUT2D eigenvalue weighted by atomic mass is 10.1. The molecule has 0 spiro atoms. The molecule has 0 bridgehead atoms. The topological polar surface area (TPSA) is 45.8 Å². The maximum absolute atomic E-state index is 13.4. The van der Waals surface area contributed by atoms with Crippen molar-refractivity contribution in [2.75, 3.05) is 0 Å². The van der Waals surface area contributed by atoms with Crippen LogP contribution in [0, 0.1) is 5.82 Å². The van der Waals surface area contributed by atoms with Crippen molar-refractivity contribution >= 4 is 0 Å². The highest BCUT2D eigenvalue weighted by atomic mass is 19.4. The molecule has 0 unspecified atom stereocenters. The van der Waals surface area contributed by atoms with Crippen LogP contribution in [0.25, 0.3) is 11.4 Å². The summed E-state index contributed by atoms with van der Waals surface area (Å²) in [5, 5.41) is 0. The van der Waals surface area contributed by atoms with Crippen LogP contribution in [0.1, 0.15) is 31.0 Å². The Morgan fingerprint density at radius 2 is 1.81 bits per heavy atom. The predicted molar refractivity (Wildman–Crippen MR) is 69.3 cm³/mol. The summed E-state index contributed by atoms with van der Waals surface area (Å²) in [6.45, 7) is 3.58. The van der Waals surface area contributed by atoms with E-state index in [0.29, 0.717) is 11.8 Å². The number of alkyl halides is 3. The molecule has 0 fully saturated rings. The monoisotopic (exact) mass is 300 g/mol. The van der Waals surface area contributed by atoms with Crippen LogP contribution >= 0.6 is 0 Å². The Hall–Kier alpha value is -2.18. The van der Waals surface area contributed by atoms with Crippen molar-refractivity contribution < 1.29 is 17.6 Å². The first kappa shape index (κ1) is 15.2. The van der Waals surface area contributed by atoms with Gasteiger partial charge >= 0.3 is 6.18 Å². The van der Waals surface area contributed by atoms with Gasteiger partial charge in [0.1, 0.15) is 11.6 Å². The van der Waals surface area contributed by atoms with Crippen molar-refractivity contribution in [3.8, 4) is 11.4 Å². The van der Waals surface area contributed by atoms with E-state index >= 15 is 0 Å². The fourth-order valence-corrected chi connectivity index (χ4v) is 1.80. The van der Waals surface area contributed by atoms with Crippen LogP contribution in [-0.4, -0.2) is 9.97 Å². The Bertz CT molecular complexity index is 720. The normalized spacial score (nSPS) is 12.0. The van der Waals surface area contributed by atoms with Gasteiger partial charge in [0.05, 0.1) is 11.3 Å². The van der Waals surface area contributed by atoms with E-state index < -0.39 is 23.1 Å². The zero-order valence-corrected chi connectivity index (χ0v) is 11.3. The van der Waals surface area contributed by atoms with Crippen molar-refractivity contribution in [3.05, 3.63) is 51.7 Å². The molecule has 0 saturated carbocycles. The van der Waals surface area contributed by atoms with Crippen molar-refractivity contribution in [1.82, 2.24) is 9.97 Å². The lowest BCUT2D eigenvalue weighted by molar-refractivity contribution is -0.137. The number of H-pyrrole nitrogens is 1. The summed E-state index contributed by atoms with van der Waals surface area (Å²) in [5.41, 5.74) is -1.33. The largest absolute Gasteiger partial charge is 0.416 e. The molecule has 2 rings (SSSR count). The second kappa shape index (κ2) is 5.31. The summed E-state index contributed by atoms with van der Waals surface area (Å²) in [4.78, 5) is 17.9. The van der Waals surface area contributed by atoms with Crippen LogP contribution in [-0.2, 0) is 6.18 Å². The predicted octanol–water partition coefficient (Wildman–Crippen LogP) is 3.72. The Morgan fingerprint density at radius 1 is 1.14 bits per heavy atom. The molecule has 1 aromatic carbocycles. The average molecular weight is 300 g/mol. The van der Waals surface area contributed by atoms with Crippen molar-refractivity contribution in [2.24, 2.45) is 0 Å². The highest BCUT2D eigenvalue weighted by Crippen LogP contribution is 2.32.